The van der Waals surface area contributed by atoms with Crippen LogP contribution < -0.4 is 10.6 Å². The molecule has 1 fully saturated rings. The van der Waals surface area contributed by atoms with Crippen LogP contribution in [-0.4, -0.2) is 42.0 Å². The van der Waals surface area contributed by atoms with Gasteiger partial charge in [0.1, 0.15) is 0 Å². The van der Waals surface area contributed by atoms with Crippen molar-refractivity contribution in [3.05, 3.63) is 48.3 Å². The number of ether oxygens (including phenoxy) is 1. The first-order valence-corrected chi connectivity index (χ1v) is 8.51. The van der Waals surface area contributed by atoms with Gasteiger partial charge >= 0.3 is 0 Å². The van der Waals surface area contributed by atoms with Crippen LogP contribution in [0.2, 0.25) is 0 Å². The van der Waals surface area contributed by atoms with E-state index in [1.54, 1.807) is 7.05 Å². The summed E-state index contributed by atoms with van der Waals surface area (Å²) in [6.45, 7) is 2.41. The van der Waals surface area contributed by atoms with E-state index in [2.05, 4.69) is 20.7 Å². The Balaban J connectivity index is 1.44. The third-order valence-corrected chi connectivity index (χ3v) is 4.11. The fourth-order valence-electron chi connectivity index (χ4n) is 2.80. The van der Waals surface area contributed by atoms with Gasteiger partial charge < -0.3 is 15.4 Å². The van der Waals surface area contributed by atoms with Crippen molar-refractivity contribution in [3.8, 4) is 5.69 Å². The zero-order valence-electron chi connectivity index (χ0n) is 14.1. The number of aromatic nitrogens is 2. The third-order valence-electron chi connectivity index (χ3n) is 4.11. The predicted octanol–water partition coefficient (Wildman–Crippen LogP) is 2.11. The summed E-state index contributed by atoms with van der Waals surface area (Å²) in [5, 5.41) is 11.2. The first-order chi connectivity index (χ1) is 11.8. The topological polar surface area (TPSA) is 63.5 Å². The number of rotatable bonds is 6. The van der Waals surface area contributed by atoms with E-state index in [-0.39, 0.29) is 0 Å². The van der Waals surface area contributed by atoms with Crippen LogP contribution in [0.5, 0.6) is 0 Å². The fourth-order valence-corrected chi connectivity index (χ4v) is 2.80. The number of benzene rings is 1. The van der Waals surface area contributed by atoms with Crippen molar-refractivity contribution < 1.29 is 4.74 Å². The van der Waals surface area contributed by atoms with E-state index in [9.17, 15) is 0 Å². The Labute approximate surface area is 142 Å². The average molecular weight is 327 g/mol. The number of hydrogen-bond acceptors (Lipinski definition) is 3. The molecule has 2 N–H and O–H groups in total. The Kier molecular flexibility index (Phi) is 5.85. The van der Waals surface area contributed by atoms with E-state index in [1.807, 2.05) is 47.3 Å². The first-order valence-electron chi connectivity index (χ1n) is 8.51. The van der Waals surface area contributed by atoms with Crippen LogP contribution in [0.1, 0.15) is 25.0 Å². The molecule has 1 saturated heterocycles. The van der Waals surface area contributed by atoms with Gasteiger partial charge in [-0.1, -0.05) is 18.2 Å². The van der Waals surface area contributed by atoms with Crippen molar-refractivity contribution in [1.29, 1.82) is 0 Å². The molecule has 3 rings (SSSR count). The molecule has 0 spiro atoms. The molecule has 0 bridgehead atoms. The van der Waals surface area contributed by atoms with Crippen molar-refractivity contribution in [2.24, 2.45) is 4.99 Å². The Bertz CT molecular complexity index is 646. The molecule has 6 nitrogen and oxygen atoms in total. The Hall–Kier alpha value is -2.34. The fraction of sp³-hybridized carbons (Fsp3) is 0.444. The minimum Gasteiger partial charge on any atom is -0.378 e. The summed E-state index contributed by atoms with van der Waals surface area (Å²) in [6.07, 6.45) is 5.74. The Morgan fingerprint density at radius 2 is 2.17 bits per heavy atom. The average Bonchev–Trinajstić information content (AvgIpc) is 3.30. The predicted molar refractivity (Wildman–Crippen MR) is 95.4 cm³/mol. The van der Waals surface area contributed by atoms with Gasteiger partial charge in [-0.3, -0.25) is 4.99 Å². The smallest absolute Gasteiger partial charge is 0.191 e. The highest BCUT2D eigenvalue weighted by Crippen LogP contribution is 2.14. The molecule has 0 aliphatic carbocycles. The molecule has 6 heteroatoms. The molecule has 2 aromatic rings. The number of nitrogens with zero attached hydrogens (tertiary/aromatic N) is 3. The monoisotopic (exact) mass is 327 g/mol. The van der Waals surface area contributed by atoms with Crippen molar-refractivity contribution in [3.63, 3.8) is 0 Å². The molecule has 1 aliphatic rings. The van der Waals surface area contributed by atoms with Gasteiger partial charge in [0, 0.05) is 26.4 Å². The minimum atomic E-state index is 0.400. The van der Waals surface area contributed by atoms with E-state index in [0.29, 0.717) is 12.6 Å². The van der Waals surface area contributed by atoms with Crippen LogP contribution in [-0.2, 0) is 11.3 Å². The minimum absolute atomic E-state index is 0.400. The highest BCUT2D eigenvalue weighted by Gasteiger charge is 2.14. The normalized spacial score (nSPS) is 17.9. The molecule has 0 saturated carbocycles. The van der Waals surface area contributed by atoms with Gasteiger partial charge in [0.05, 0.1) is 24.0 Å². The number of aliphatic imine (C=N–C) groups is 1. The maximum atomic E-state index is 5.63. The summed E-state index contributed by atoms with van der Waals surface area (Å²) >= 11 is 0. The molecule has 128 valence electrons. The van der Waals surface area contributed by atoms with Gasteiger partial charge in [0.15, 0.2) is 5.96 Å². The maximum Gasteiger partial charge on any atom is 0.191 e. The lowest BCUT2D eigenvalue weighted by Crippen LogP contribution is -2.38. The molecule has 1 unspecified atom stereocenters. The second kappa shape index (κ2) is 8.49. The van der Waals surface area contributed by atoms with Crippen molar-refractivity contribution >= 4 is 5.96 Å². The SMILES string of the molecule is CN=C(NCCC1CCCO1)NCc1ccn(-c2ccccc2)n1. The van der Waals surface area contributed by atoms with Gasteiger partial charge in [-0.05, 0) is 37.5 Å². The Morgan fingerprint density at radius 3 is 2.92 bits per heavy atom. The molecule has 2 heterocycles. The summed E-state index contributed by atoms with van der Waals surface area (Å²) in [7, 11) is 1.78. The molecule has 0 amide bonds. The molecule has 1 aliphatic heterocycles. The zero-order valence-corrected chi connectivity index (χ0v) is 14.1. The van der Waals surface area contributed by atoms with Crippen molar-refractivity contribution in [1.82, 2.24) is 20.4 Å². The van der Waals surface area contributed by atoms with E-state index in [1.165, 1.54) is 12.8 Å². The van der Waals surface area contributed by atoms with Gasteiger partial charge in [-0.15, -0.1) is 0 Å². The molecule has 24 heavy (non-hydrogen) atoms. The summed E-state index contributed by atoms with van der Waals surface area (Å²) < 4.78 is 7.51. The Morgan fingerprint density at radius 1 is 1.29 bits per heavy atom. The second-order valence-electron chi connectivity index (χ2n) is 5.86. The summed E-state index contributed by atoms with van der Waals surface area (Å²) in [5.41, 5.74) is 2.03. The van der Waals surface area contributed by atoms with E-state index < -0.39 is 0 Å². The lowest BCUT2D eigenvalue weighted by molar-refractivity contribution is 0.105. The van der Waals surface area contributed by atoms with Gasteiger partial charge in [0.25, 0.3) is 0 Å². The summed E-state index contributed by atoms with van der Waals surface area (Å²) in [4.78, 5) is 4.25. The molecule has 1 aromatic carbocycles. The van der Waals surface area contributed by atoms with Gasteiger partial charge in [-0.2, -0.15) is 5.10 Å². The number of guanidine groups is 1. The van der Waals surface area contributed by atoms with Crippen LogP contribution in [0.3, 0.4) is 0 Å². The summed E-state index contributed by atoms with van der Waals surface area (Å²) in [6, 6.07) is 12.1. The second-order valence-corrected chi connectivity index (χ2v) is 5.86. The van der Waals surface area contributed by atoms with Crippen molar-refractivity contribution in [2.75, 3.05) is 20.2 Å². The van der Waals surface area contributed by atoms with Gasteiger partial charge in [0.2, 0.25) is 0 Å². The summed E-state index contributed by atoms with van der Waals surface area (Å²) in [5.74, 6) is 0.794. The maximum absolute atomic E-state index is 5.63. The van der Waals surface area contributed by atoms with E-state index >= 15 is 0 Å². The standard InChI is InChI=1S/C18H25N5O/c1-19-18(20-11-9-17-8-5-13-24-17)21-14-15-10-12-23(22-15)16-6-3-2-4-7-16/h2-4,6-7,10,12,17H,5,8-9,11,13-14H2,1H3,(H2,19,20,21). The first kappa shape index (κ1) is 16.5. The van der Waals surface area contributed by atoms with Crippen LogP contribution >= 0.6 is 0 Å². The van der Waals surface area contributed by atoms with E-state index in [0.717, 1.165) is 36.9 Å². The van der Waals surface area contributed by atoms with Crippen LogP contribution in [0, 0.1) is 0 Å². The molecular formula is C18H25N5O. The van der Waals surface area contributed by atoms with Gasteiger partial charge in [-0.25, -0.2) is 4.68 Å². The third kappa shape index (κ3) is 4.58. The lowest BCUT2D eigenvalue weighted by atomic mass is 10.2. The quantitative estimate of drug-likeness (QED) is 0.630. The number of para-hydroxylation sites is 1. The largest absolute Gasteiger partial charge is 0.378 e. The van der Waals surface area contributed by atoms with Crippen molar-refractivity contribution in [2.45, 2.75) is 31.9 Å². The van der Waals surface area contributed by atoms with E-state index in [4.69, 9.17) is 4.74 Å². The number of hydrogen-bond donors (Lipinski definition) is 2. The highest BCUT2D eigenvalue weighted by atomic mass is 16.5. The molecule has 1 aromatic heterocycles. The molecule has 0 radical (unpaired) electrons. The number of nitrogens with one attached hydrogen (secondary N) is 2. The van der Waals surface area contributed by atoms with Crippen LogP contribution in [0.15, 0.2) is 47.6 Å². The lowest BCUT2D eigenvalue weighted by Gasteiger charge is -2.13. The highest BCUT2D eigenvalue weighted by molar-refractivity contribution is 5.79. The molecular weight excluding hydrogens is 302 g/mol. The zero-order chi connectivity index (χ0) is 16.6. The van der Waals surface area contributed by atoms with Crippen LogP contribution in [0.4, 0.5) is 0 Å². The van der Waals surface area contributed by atoms with Crippen LogP contribution in [0.25, 0.3) is 5.69 Å². The molecule has 1 atom stereocenters.